The van der Waals surface area contributed by atoms with Crippen LogP contribution in [0, 0.1) is 11.3 Å². The van der Waals surface area contributed by atoms with Gasteiger partial charge in [0.1, 0.15) is 29.4 Å². The molecule has 17 nitrogen and oxygen atoms in total. The van der Waals surface area contributed by atoms with Crippen molar-refractivity contribution in [2.75, 3.05) is 56.0 Å². The Morgan fingerprint density at radius 2 is 1.66 bits per heavy atom. The number of aromatic nitrogens is 4. The number of benzene rings is 2. The van der Waals surface area contributed by atoms with Crippen molar-refractivity contribution in [3.8, 4) is 17.0 Å². The zero-order valence-electron chi connectivity index (χ0n) is 35.3. The van der Waals surface area contributed by atoms with Crippen molar-refractivity contribution in [3.05, 3.63) is 93.9 Å². The minimum absolute atomic E-state index is 0.0215. The average molecular weight is 920 g/mol. The Balaban J connectivity index is 0.686. The summed E-state index contributed by atoms with van der Waals surface area (Å²) in [5, 5.41) is 14.7. The number of pyridine rings is 2. The van der Waals surface area contributed by atoms with Crippen molar-refractivity contribution in [1.29, 1.82) is 0 Å². The summed E-state index contributed by atoms with van der Waals surface area (Å²) in [4.78, 5) is 93.0. The van der Waals surface area contributed by atoms with Gasteiger partial charge in [-0.05, 0) is 81.1 Å². The fourth-order valence-electron chi connectivity index (χ4n) is 9.88. The molecule has 65 heavy (non-hydrogen) atoms. The van der Waals surface area contributed by atoms with Gasteiger partial charge in [-0.15, -0.1) is 0 Å². The summed E-state index contributed by atoms with van der Waals surface area (Å²) in [6.45, 7) is 5.81. The van der Waals surface area contributed by atoms with Gasteiger partial charge >= 0.3 is 0 Å². The Morgan fingerprint density at radius 3 is 2.40 bits per heavy atom. The molecule has 3 N–H and O–H groups in total. The molecule has 0 radical (unpaired) electrons. The smallest absolute Gasteiger partial charge is 0.262 e. The van der Waals surface area contributed by atoms with E-state index in [1.165, 1.54) is 12.1 Å². The van der Waals surface area contributed by atoms with Gasteiger partial charge in [0.15, 0.2) is 0 Å². The van der Waals surface area contributed by atoms with Gasteiger partial charge in [0, 0.05) is 97.8 Å². The van der Waals surface area contributed by atoms with Crippen LogP contribution in [0.3, 0.4) is 0 Å². The first kappa shape index (κ1) is 42.4. The van der Waals surface area contributed by atoms with Crippen LogP contribution in [0.2, 0.25) is 10.0 Å². The Hall–Kier alpha value is -6.59. The molecule has 2 atom stereocenters. The van der Waals surface area contributed by atoms with Gasteiger partial charge in [0.25, 0.3) is 11.8 Å². The molecule has 8 heterocycles. The summed E-state index contributed by atoms with van der Waals surface area (Å²) in [5.41, 5.74) is 3.94. The van der Waals surface area contributed by atoms with E-state index in [2.05, 4.69) is 30.7 Å². The monoisotopic (exact) mass is 918 g/mol. The molecule has 10 rings (SSSR count). The number of hydrogen-bond donors (Lipinski definition) is 3. The Bertz CT molecular complexity index is 2770. The number of halogens is 2. The lowest BCUT2D eigenvalue weighted by atomic mass is 9.79. The first-order chi connectivity index (χ1) is 31.3. The van der Waals surface area contributed by atoms with Gasteiger partial charge in [-0.2, -0.15) is 5.10 Å². The van der Waals surface area contributed by atoms with E-state index in [0.29, 0.717) is 66.1 Å². The molecule has 334 valence electrons. The SMILES string of the molecule is C[C@@H](Oc1ccc2[nH]nc(-c3ccc(N4CC5(CCN(C(=O)C6CCN(C(=O)CNc7ccc8c(c7)C(=O)N(C7CCC(=O)NC7=O)C8=O)CC6)C5)C4)nc3)c2c1)c1c(Cl)cncc1Cl. The zero-order chi connectivity index (χ0) is 45.1. The van der Waals surface area contributed by atoms with Gasteiger partial charge in [-0.25, -0.2) is 4.98 Å². The van der Waals surface area contributed by atoms with Crippen LogP contribution >= 0.6 is 23.2 Å². The molecule has 4 saturated heterocycles. The number of carbonyl (C=O) groups excluding carboxylic acids is 6. The Morgan fingerprint density at radius 1 is 0.892 bits per heavy atom. The third-order valence-electron chi connectivity index (χ3n) is 13.4. The number of ether oxygens (including phenoxy) is 1. The molecule has 5 aliphatic rings. The van der Waals surface area contributed by atoms with Gasteiger partial charge in [0.2, 0.25) is 23.6 Å². The maximum atomic E-state index is 13.7. The van der Waals surface area contributed by atoms with Crippen molar-refractivity contribution in [3.63, 3.8) is 0 Å². The van der Waals surface area contributed by atoms with E-state index in [4.69, 9.17) is 32.9 Å². The molecule has 1 spiro atoms. The highest BCUT2D eigenvalue weighted by molar-refractivity contribution is 6.35. The summed E-state index contributed by atoms with van der Waals surface area (Å²) in [5.74, 6) is -0.946. The predicted octanol–water partition coefficient (Wildman–Crippen LogP) is 5.26. The Kier molecular flexibility index (Phi) is 10.9. The lowest BCUT2D eigenvalue weighted by Gasteiger charge is -2.48. The number of likely N-dealkylation sites (tertiary alicyclic amines) is 2. The van der Waals surface area contributed by atoms with E-state index in [1.54, 1.807) is 23.4 Å². The van der Waals surface area contributed by atoms with Crippen LogP contribution < -0.4 is 20.3 Å². The number of hydrogen-bond acceptors (Lipinski definition) is 12. The van der Waals surface area contributed by atoms with Crippen LogP contribution in [-0.4, -0.2) is 122 Å². The minimum Gasteiger partial charge on any atom is -0.486 e. The molecule has 6 amide bonds. The maximum Gasteiger partial charge on any atom is 0.262 e. The van der Waals surface area contributed by atoms with E-state index < -0.39 is 35.8 Å². The normalized spacial score (nSPS) is 20.0. The van der Waals surface area contributed by atoms with Gasteiger partial charge in [0.05, 0.1) is 33.2 Å². The highest BCUT2D eigenvalue weighted by Gasteiger charge is 2.50. The van der Waals surface area contributed by atoms with Crippen LogP contribution in [0.5, 0.6) is 5.75 Å². The second kappa shape index (κ2) is 16.8. The quantitative estimate of drug-likeness (QED) is 0.154. The first-order valence-corrected chi connectivity index (χ1v) is 22.4. The van der Waals surface area contributed by atoms with E-state index in [-0.39, 0.29) is 53.7 Å². The molecule has 5 aliphatic heterocycles. The zero-order valence-corrected chi connectivity index (χ0v) is 36.8. The molecule has 0 aliphatic carbocycles. The molecular weight excluding hydrogens is 875 g/mol. The number of rotatable bonds is 10. The predicted molar refractivity (Wildman–Crippen MR) is 239 cm³/mol. The van der Waals surface area contributed by atoms with E-state index in [0.717, 1.165) is 52.4 Å². The number of amides is 6. The standard InChI is InChI=1S/C46H44Cl2N10O7/c1-25(40-33(47)19-49-20-34(40)48)65-29-4-6-35-32(17-29)41(54-53-35)27-2-8-37(51-18-27)57-23-46(24-57)12-15-56(22-46)43(62)26-10-13-55(14-11-26)39(60)21-50-28-3-5-30-31(16-28)45(64)58(44(30)63)36-7-9-38(59)52-42(36)61/h2-6,8,16-20,25-26,36,50H,7,9-15,21-24H2,1H3,(H,53,54)(H,52,59,61)/t25-,36?/m1/s1. The molecular formula is C46H44Cl2N10O7. The largest absolute Gasteiger partial charge is 0.486 e. The van der Waals surface area contributed by atoms with Gasteiger partial charge in [-0.1, -0.05) is 23.2 Å². The second-order valence-corrected chi connectivity index (χ2v) is 18.4. The van der Waals surface area contributed by atoms with Gasteiger partial charge < -0.3 is 24.8 Å². The number of anilines is 2. The van der Waals surface area contributed by atoms with Crippen LogP contribution in [0.15, 0.2) is 67.1 Å². The van der Waals surface area contributed by atoms with Crippen molar-refractivity contribution >= 4 is 81.1 Å². The fourth-order valence-corrected chi connectivity index (χ4v) is 10.6. The highest BCUT2D eigenvalue weighted by atomic mass is 35.5. The summed E-state index contributed by atoms with van der Waals surface area (Å²) >= 11 is 12.7. The van der Waals surface area contributed by atoms with Crippen molar-refractivity contribution in [2.45, 2.75) is 51.2 Å². The lowest BCUT2D eigenvalue weighted by molar-refractivity contribution is -0.139. The summed E-state index contributed by atoms with van der Waals surface area (Å²) < 4.78 is 6.24. The van der Waals surface area contributed by atoms with Crippen molar-refractivity contribution in [1.82, 2.24) is 40.2 Å². The van der Waals surface area contributed by atoms with E-state index in [1.807, 2.05) is 48.4 Å². The molecule has 4 fully saturated rings. The average Bonchev–Trinajstić information content (AvgIpc) is 3.99. The first-order valence-electron chi connectivity index (χ1n) is 21.7. The molecule has 3 aromatic heterocycles. The summed E-state index contributed by atoms with van der Waals surface area (Å²) in [6.07, 6.45) is 6.70. The highest BCUT2D eigenvalue weighted by Crippen LogP contribution is 2.43. The fraction of sp³-hybridized carbons (Fsp3) is 0.370. The summed E-state index contributed by atoms with van der Waals surface area (Å²) in [7, 11) is 0. The van der Waals surface area contributed by atoms with Crippen LogP contribution in [0.4, 0.5) is 11.5 Å². The number of carbonyl (C=O) groups is 6. The van der Waals surface area contributed by atoms with E-state index in [9.17, 15) is 28.8 Å². The molecule has 19 heteroatoms. The van der Waals surface area contributed by atoms with Crippen LogP contribution in [0.1, 0.15) is 71.4 Å². The maximum absolute atomic E-state index is 13.7. The second-order valence-electron chi connectivity index (χ2n) is 17.5. The number of H-pyrrole nitrogens is 1. The van der Waals surface area contributed by atoms with Crippen LogP contribution in [-0.2, 0) is 19.2 Å². The topological polar surface area (TPSA) is 203 Å². The Labute approximate surface area is 382 Å². The van der Waals surface area contributed by atoms with Crippen molar-refractivity contribution < 1.29 is 33.5 Å². The van der Waals surface area contributed by atoms with Crippen LogP contribution in [0.25, 0.3) is 22.2 Å². The summed E-state index contributed by atoms with van der Waals surface area (Å²) in [6, 6.07) is 13.3. The lowest BCUT2D eigenvalue weighted by Crippen LogP contribution is -2.58. The number of fused-ring (bicyclic) bond motifs is 2. The number of imide groups is 2. The molecule has 1 unspecified atom stereocenters. The molecule has 2 aromatic carbocycles. The van der Waals surface area contributed by atoms with E-state index >= 15 is 0 Å². The molecule has 0 saturated carbocycles. The third kappa shape index (κ3) is 7.90. The molecule has 5 aromatic rings. The number of nitrogens with one attached hydrogen (secondary N) is 3. The number of piperidine rings is 2. The third-order valence-corrected chi connectivity index (χ3v) is 14.0. The molecule has 0 bridgehead atoms. The number of aromatic amines is 1. The van der Waals surface area contributed by atoms with Gasteiger partial charge in [-0.3, -0.25) is 49.1 Å². The number of nitrogens with zero attached hydrogens (tertiary/aromatic N) is 7. The van der Waals surface area contributed by atoms with Crippen molar-refractivity contribution in [2.24, 2.45) is 11.3 Å². The minimum atomic E-state index is -1.05.